The molecule has 1 aromatic rings. The van der Waals surface area contributed by atoms with Crippen molar-refractivity contribution < 1.29 is 13.9 Å². The summed E-state index contributed by atoms with van der Waals surface area (Å²) >= 11 is 3.05. The predicted octanol–water partition coefficient (Wildman–Crippen LogP) is 3.38. The van der Waals surface area contributed by atoms with Crippen molar-refractivity contribution in [3.8, 4) is 0 Å². The second-order valence-corrected chi connectivity index (χ2v) is 5.56. The maximum absolute atomic E-state index is 13.3. The highest BCUT2D eigenvalue weighted by Crippen LogP contribution is 2.16. The molecule has 1 rings (SSSR count). The van der Waals surface area contributed by atoms with Gasteiger partial charge in [0.25, 0.3) is 5.91 Å². The molecular weight excluding hydrogens is 313 g/mol. The average molecular weight is 332 g/mol. The predicted molar refractivity (Wildman–Crippen MR) is 76.7 cm³/mol. The number of hydrogen-bond donors (Lipinski definition) is 1. The smallest absolute Gasteiger partial charge is 0.251 e. The highest BCUT2D eigenvalue weighted by atomic mass is 79.9. The molecule has 5 heteroatoms. The molecule has 19 heavy (non-hydrogen) atoms. The van der Waals surface area contributed by atoms with Crippen molar-refractivity contribution in [1.29, 1.82) is 0 Å². The van der Waals surface area contributed by atoms with Gasteiger partial charge in [0.05, 0.1) is 4.47 Å². The van der Waals surface area contributed by atoms with Gasteiger partial charge in [0, 0.05) is 25.3 Å². The monoisotopic (exact) mass is 331 g/mol. The van der Waals surface area contributed by atoms with Crippen LogP contribution in [0.25, 0.3) is 0 Å². The Morgan fingerprint density at radius 2 is 2.21 bits per heavy atom. The first-order valence-electron chi connectivity index (χ1n) is 6.31. The van der Waals surface area contributed by atoms with Crippen LogP contribution in [0.4, 0.5) is 4.39 Å². The zero-order chi connectivity index (χ0) is 14.3. The summed E-state index contributed by atoms with van der Waals surface area (Å²) in [6.45, 7) is 6.04. The molecule has 0 aliphatic carbocycles. The molecule has 0 aliphatic rings. The van der Waals surface area contributed by atoms with Crippen molar-refractivity contribution in [3.05, 3.63) is 34.1 Å². The van der Waals surface area contributed by atoms with Crippen molar-refractivity contribution >= 4 is 21.8 Å². The van der Waals surface area contributed by atoms with Gasteiger partial charge in [-0.1, -0.05) is 13.8 Å². The third kappa shape index (κ3) is 6.16. The third-order valence-corrected chi connectivity index (χ3v) is 3.03. The molecule has 0 fully saturated rings. The number of benzene rings is 1. The van der Waals surface area contributed by atoms with Crippen molar-refractivity contribution in [2.75, 3.05) is 19.8 Å². The van der Waals surface area contributed by atoms with Gasteiger partial charge in [-0.3, -0.25) is 4.79 Å². The highest BCUT2D eigenvalue weighted by Gasteiger charge is 2.07. The lowest BCUT2D eigenvalue weighted by Gasteiger charge is -2.08. The first-order chi connectivity index (χ1) is 9.00. The Kier molecular flexibility index (Phi) is 7.02. The van der Waals surface area contributed by atoms with E-state index in [-0.39, 0.29) is 5.91 Å². The number of carbonyl (C=O) groups is 1. The van der Waals surface area contributed by atoms with E-state index in [1.165, 1.54) is 12.1 Å². The van der Waals surface area contributed by atoms with Gasteiger partial charge >= 0.3 is 0 Å². The molecule has 0 saturated carbocycles. The third-order valence-electron chi connectivity index (χ3n) is 2.38. The molecule has 0 aromatic heterocycles. The fraction of sp³-hybridized carbons (Fsp3) is 0.500. The minimum atomic E-state index is -0.437. The van der Waals surface area contributed by atoms with E-state index in [4.69, 9.17) is 4.74 Å². The van der Waals surface area contributed by atoms with Crippen LogP contribution in [0.2, 0.25) is 0 Å². The first kappa shape index (κ1) is 16.1. The molecule has 0 heterocycles. The summed E-state index contributed by atoms with van der Waals surface area (Å²) in [5, 5.41) is 2.73. The van der Waals surface area contributed by atoms with E-state index >= 15 is 0 Å². The summed E-state index contributed by atoms with van der Waals surface area (Å²) in [5.74, 6) is -0.191. The molecule has 0 saturated heterocycles. The minimum absolute atomic E-state index is 0.268. The van der Waals surface area contributed by atoms with Crippen molar-refractivity contribution in [1.82, 2.24) is 5.32 Å². The first-order valence-corrected chi connectivity index (χ1v) is 7.11. The molecule has 0 atom stereocenters. The lowest BCUT2D eigenvalue weighted by molar-refractivity contribution is 0.0924. The molecule has 0 bridgehead atoms. The molecule has 1 N–H and O–H groups in total. The van der Waals surface area contributed by atoms with E-state index in [1.807, 2.05) is 0 Å². The van der Waals surface area contributed by atoms with Gasteiger partial charge in [-0.2, -0.15) is 0 Å². The van der Waals surface area contributed by atoms with Crippen LogP contribution in [0, 0.1) is 11.7 Å². The maximum atomic E-state index is 13.3. The summed E-state index contributed by atoms with van der Waals surface area (Å²) in [6, 6.07) is 4.32. The quantitative estimate of drug-likeness (QED) is 0.778. The number of amides is 1. The summed E-state index contributed by atoms with van der Waals surface area (Å²) in [5.41, 5.74) is 0.323. The summed E-state index contributed by atoms with van der Waals surface area (Å²) in [6.07, 6.45) is 0.747. The molecule has 0 unspecified atom stereocenters. The molecule has 0 spiro atoms. The van der Waals surface area contributed by atoms with Crippen LogP contribution in [-0.2, 0) is 4.74 Å². The van der Waals surface area contributed by atoms with Crippen LogP contribution < -0.4 is 5.32 Å². The Hall–Kier alpha value is -0.940. The summed E-state index contributed by atoms with van der Waals surface area (Å²) in [4.78, 5) is 11.7. The van der Waals surface area contributed by atoms with Crippen LogP contribution in [0.3, 0.4) is 0 Å². The number of hydrogen-bond acceptors (Lipinski definition) is 2. The van der Waals surface area contributed by atoms with Crippen molar-refractivity contribution in [2.24, 2.45) is 5.92 Å². The number of carbonyl (C=O) groups excluding carboxylic acids is 1. The second-order valence-electron chi connectivity index (χ2n) is 4.71. The Bertz CT molecular complexity index is 424. The zero-order valence-corrected chi connectivity index (χ0v) is 12.8. The SMILES string of the molecule is CC(C)COCCCNC(=O)c1ccc(Br)c(F)c1. The Morgan fingerprint density at radius 1 is 1.47 bits per heavy atom. The molecule has 0 aliphatic heterocycles. The van der Waals surface area contributed by atoms with Crippen LogP contribution >= 0.6 is 15.9 Å². The van der Waals surface area contributed by atoms with Gasteiger partial charge in [-0.15, -0.1) is 0 Å². The number of ether oxygens (including phenoxy) is 1. The van der Waals surface area contributed by atoms with Crippen LogP contribution in [0.15, 0.2) is 22.7 Å². The molecule has 0 radical (unpaired) electrons. The van der Waals surface area contributed by atoms with Gasteiger partial charge in [0.15, 0.2) is 0 Å². The summed E-state index contributed by atoms with van der Waals surface area (Å²) < 4.78 is 19.0. The molecule has 3 nitrogen and oxygen atoms in total. The zero-order valence-electron chi connectivity index (χ0n) is 11.2. The molecule has 106 valence electrons. The summed E-state index contributed by atoms with van der Waals surface area (Å²) in [7, 11) is 0. The lowest BCUT2D eigenvalue weighted by Crippen LogP contribution is -2.25. The van der Waals surface area contributed by atoms with E-state index < -0.39 is 5.82 Å². The molecule has 1 aromatic carbocycles. The Balaban J connectivity index is 2.26. The topological polar surface area (TPSA) is 38.3 Å². The largest absolute Gasteiger partial charge is 0.381 e. The van der Waals surface area contributed by atoms with Crippen molar-refractivity contribution in [3.63, 3.8) is 0 Å². The fourth-order valence-corrected chi connectivity index (χ4v) is 1.68. The van der Waals surface area contributed by atoms with E-state index in [9.17, 15) is 9.18 Å². The molecule has 1 amide bonds. The van der Waals surface area contributed by atoms with E-state index in [2.05, 4.69) is 35.1 Å². The van der Waals surface area contributed by atoms with E-state index in [1.54, 1.807) is 6.07 Å². The number of nitrogens with one attached hydrogen (secondary N) is 1. The van der Waals surface area contributed by atoms with Crippen LogP contribution in [-0.4, -0.2) is 25.7 Å². The lowest BCUT2D eigenvalue weighted by atomic mass is 10.2. The number of rotatable bonds is 7. The van der Waals surface area contributed by atoms with E-state index in [0.717, 1.165) is 13.0 Å². The molecular formula is C14H19BrFNO2. The van der Waals surface area contributed by atoms with Crippen LogP contribution in [0.5, 0.6) is 0 Å². The van der Waals surface area contributed by atoms with Gasteiger partial charge < -0.3 is 10.1 Å². The van der Waals surface area contributed by atoms with Gasteiger partial charge in [0.2, 0.25) is 0 Å². The van der Waals surface area contributed by atoms with Crippen molar-refractivity contribution in [2.45, 2.75) is 20.3 Å². The normalized spacial score (nSPS) is 10.8. The average Bonchev–Trinajstić information content (AvgIpc) is 2.36. The van der Waals surface area contributed by atoms with E-state index in [0.29, 0.717) is 29.1 Å². The fourth-order valence-electron chi connectivity index (χ4n) is 1.43. The van der Waals surface area contributed by atoms with Gasteiger partial charge in [-0.25, -0.2) is 4.39 Å². The standard InChI is InChI=1S/C14H19BrFNO2/c1-10(2)9-19-7-3-6-17-14(18)11-4-5-12(15)13(16)8-11/h4-5,8,10H,3,6-7,9H2,1-2H3,(H,17,18). The number of halogens is 2. The Morgan fingerprint density at radius 3 is 2.84 bits per heavy atom. The minimum Gasteiger partial charge on any atom is -0.381 e. The van der Waals surface area contributed by atoms with Crippen LogP contribution in [0.1, 0.15) is 30.6 Å². The maximum Gasteiger partial charge on any atom is 0.251 e. The second kappa shape index (κ2) is 8.27. The van der Waals surface area contributed by atoms with Gasteiger partial charge in [0.1, 0.15) is 5.82 Å². The van der Waals surface area contributed by atoms with Gasteiger partial charge in [-0.05, 0) is 46.5 Å². The Labute approximate surface area is 121 Å². The highest BCUT2D eigenvalue weighted by molar-refractivity contribution is 9.10.